The number of aliphatic hydroxyl groups is 2. The lowest BCUT2D eigenvalue weighted by molar-refractivity contribution is 0.0990. The zero-order chi connectivity index (χ0) is 7.90. The first kappa shape index (κ1) is 7.53. The maximum Gasteiger partial charge on any atom is 0.0685 e. The van der Waals surface area contributed by atoms with Crippen LogP contribution in [0.1, 0.15) is 19.3 Å². The van der Waals surface area contributed by atoms with Crippen LogP contribution in [0.15, 0.2) is 0 Å². The van der Waals surface area contributed by atoms with E-state index in [1.165, 1.54) is 6.42 Å². The van der Waals surface area contributed by atoms with Crippen LogP contribution >= 0.6 is 0 Å². The molecule has 64 valence electrons. The molecule has 0 aliphatic carbocycles. The van der Waals surface area contributed by atoms with Gasteiger partial charge in [-0.05, 0) is 25.8 Å². The van der Waals surface area contributed by atoms with Crippen molar-refractivity contribution < 1.29 is 10.2 Å². The third kappa shape index (κ3) is 0.991. The Hall–Kier alpha value is -0.120. The minimum atomic E-state index is -0.206. The quantitative estimate of drug-likeness (QED) is 0.543. The summed E-state index contributed by atoms with van der Waals surface area (Å²) in [6.07, 6.45) is 2.79. The molecule has 2 aliphatic heterocycles. The molecule has 0 bridgehead atoms. The van der Waals surface area contributed by atoms with E-state index in [-0.39, 0.29) is 18.2 Å². The van der Waals surface area contributed by atoms with Gasteiger partial charge in [-0.2, -0.15) is 0 Å². The molecule has 0 aromatic carbocycles. The molecule has 2 rings (SSSR count). The third-order valence-electron chi connectivity index (χ3n) is 3.08. The standard InChI is InChI=1S/C8H15NO2/c10-6-8-2-1-3-9(8)5-7(11)4-8/h7,10-11H,1-6H2/t7-,8+/m0/s1. The van der Waals surface area contributed by atoms with Gasteiger partial charge in [-0.3, -0.25) is 4.90 Å². The summed E-state index contributed by atoms with van der Waals surface area (Å²) in [5, 5.41) is 18.6. The maximum atomic E-state index is 9.38. The summed E-state index contributed by atoms with van der Waals surface area (Å²) in [4.78, 5) is 2.23. The van der Waals surface area contributed by atoms with E-state index in [4.69, 9.17) is 0 Å². The lowest BCUT2D eigenvalue weighted by Gasteiger charge is -2.28. The van der Waals surface area contributed by atoms with Crippen LogP contribution in [0.2, 0.25) is 0 Å². The largest absolute Gasteiger partial charge is 0.394 e. The number of hydrogen-bond donors (Lipinski definition) is 2. The molecule has 3 nitrogen and oxygen atoms in total. The van der Waals surface area contributed by atoms with Gasteiger partial charge in [0.25, 0.3) is 0 Å². The van der Waals surface area contributed by atoms with Gasteiger partial charge in [-0.25, -0.2) is 0 Å². The monoisotopic (exact) mass is 157 g/mol. The second-order valence-electron chi connectivity index (χ2n) is 3.79. The number of rotatable bonds is 1. The minimum absolute atomic E-state index is 0.0422. The lowest BCUT2D eigenvalue weighted by atomic mass is 9.95. The number of aliphatic hydroxyl groups excluding tert-OH is 2. The Morgan fingerprint density at radius 3 is 3.00 bits per heavy atom. The van der Waals surface area contributed by atoms with Crippen LogP contribution in [-0.4, -0.2) is 46.5 Å². The fraction of sp³-hybridized carbons (Fsp3) is 1.00. The van der Waals surface area contributed by atoms with Crippen molar-refractivity contribution in [2.75, 3.05) is 19.7 Å². The van der Waals surface area contributed by atoms with E-state index < -0.39 is 0 Å². The van der Waals surface area contributed by atoms with Gasteiger partial charge in [-0.1, -0.05) is 0 Å². The van der Waals surface area contributed by atoms with Gasteiger partial charge < -0.3 is 10.2 Å². The Kier molecular flexibility index (Phi) is 1.67. The summed E-state index contributed by atoms with van der Waals surface area (Å²) in [6, 6.07) is 0. The highest BCUT2D eigenvalue weighted by Gasteiger charge is 2.47. The number of hydrogen-bond acceptors (Lipinski definition) is 3. The summed E-state index contributed by atoms with van der Waals surface area (Å²) in [5.41, 5.74) is -0.0422. The highest BCUT2D eigenvalue weighted by atomic mass is 16.3. The van der Waals surface area contributed by atoms with Crippen molar-refractivity contribution in [3.63, 3.8) is 0 Å². The molecule has 0 spiro atoms. The molecule has 0 saturated carbocycles. The number of β-amino-alcohol motifs (C(OH)–C–C–N with tert-alkyl or cyclic N) is 1. The number of fused-ring (bicyclic) bond motifs is 1. The first-order valence-electron chi connectivity index (χ1n) is 4.31. The molecule has 2 heterocycles. The van der Waals surface area contributed by atoms with E-state index >= 15 is 0 Å². The summed E-state index contributed by atoms with van der Waals surface area (Å²) in [7, 11) is 0. The molecule has 11 heavy (non-hydrogen) atoms. The molecule has 0 aromatic heterocycles. The van der Waals surface area contributed by atoms with Gasteiger partial charge in [0.2, 0.25) is 0 Å². The second kappa shape index (κ2) is 2.44. The van der Waals surface area contributed by atoms with Gasteiger partial charge in [0.05, 0.1) is 12.7 Å². The first-order chi connectivity index (χ1) is 5.27. The first-order valence-corrected chi connectivity index (χ1v) is 4.31. The molecular formula is C8H15NO2. The zero-order valence-electron chi connectivity index (χ0n) is 6.66. The van der Waals surface area contributed by atoms with E-state index in [0.29, 0.717) is 0 Å². The Labute approximate surface area is 66.6 Å². The SMILES string of the molecule is OC[C@]12CCCN1C[C@@H](O)C2. The van der Waals surface area contributed by atoms with Crippen LogP contribution in [0.3, 0.4) is 0 Å². The van der Waals surface area contributed by atoms with Crippen LogP contribution in [0.4, 0.5) is 0 Å². The Balaban J connectivity index is 2.15. The van der Waals surface area contributed by atoms with E-state index in [1.54, 1.807) is 0 Å². The van der Waals surface area contributed by atoms with E-state index in [0.717, 1.165) is 25.9 Å². The van der Waals surface area contributed by atoms with Crippen LogP contribution < -0.4 is 0 Å². The highest BCUT2D eigenvalue weighted by molar-refractivity contribution is 5.02. The average molecular weight is 157 g/mol. The zero-order valence-corrected chi connectivity index (χ0v) is 6.66. The molecule has 0 radical (unpaired) electrons. The molecule has 0 unspecified atom stereocenters. The van der Waals surface area contributed by atoms with Gasteiger partial charge in [-0.15, -0.1) is 0 Å². The maximum absolute atomic E-state index is 9.38. The van der Waals surface area contributed by atoms with E-state index in [1.807, 2.05) is 0 Å². The van der Waals surface area contributed by atoms with Gasteiger partial charge in [0.15, 0.2) is 0 Å². The lowest BCUT2D eigenvalue weighted by Crippen LogP contribution is -2.41. The van der Waals surface area contributed by atoms with Crippen LogP contribution in [-0.2, 0) is 0 Å². The Bertz CT molecular complexity index is 162. The molecule has 2 saturated heterocycles. The average Bonchev–Trinajstić information content (AvgIpc) is 2.43. The molecule has 0 aromatic rings. The van der Waals surface area contributed by atoms with Crippen molar-refractivity contribution >= 4 is 0 Å². The smallest absolute Gasteiger partial charge is 0.0685 e. The molecule has 2 atom stereocenters. The summed E-state index contributed by atoms with van der Waals surface area (Å²) in [6.45, 7) is 2.03. The molecule has 3 heteroatoms. The number of nitrogens with zero attached hydrogens (tertiary/aromatic N) is 1. The topological polar surface area (TPSA) is 43.7 Å². The fourth-order valence-electron chi connectivity index (χ4n) is 2.51. The molecule has 2 fully saturated rings. The summed E-state index contributed by atoms with van der Waals surface area (Å²) < 4.78 is 0. The Morgan fingerprint density at radius 1 is 1.55 bits per heavy atom. The van der Waals surface area contributed by atoms with Crippen molar-refractivity contribution in [1.29, 1.82) is 0 Å². The highest BCUT2D eigenvalue weighted by Crippen LogP contribution is 2.38. The van der Waals surface area contributed by atoms with Crippen molar-refractivity contribution in [1.82, 2.24) is 4.90 Å². The minimum Gasteiger partial charge on any atom is -0.394 e. The molecule has 0 amide bonds. The van der Waals surface area contributed by atoms with E-state index in [9.17, 15) is 10.2 Å². The Morgan fingerprint density at radius 2 is 2.36 bits per heavy atom. The van der Waals surface area contributed by atoms with Gasteiger partial charge in [0, 0.05) is 12.1 Å². The molecular weight excluding hydrogens is 142 g/mol. The van der Waals surface area contributed by atoms with Crippen LogP contribution in [0.5, 0.6) is 0 Å². The van der Waals surface area contributed by atoms with Crippen LogP contribution in [0.25, 0.3) is 0 Å². The predicted octanol–water partition coefficient (Wildman–Crippen LogP) is -0.422. The van der Waals surface area contributed by atoms with Crippen molar-refractivity contribution in [3.8, 4) is 0 Å². The molecule has 2 aliphatic rings. The van der Waals surface area contributed by atoms with Gasteiger partial charge in [0.1, 0.15) is 0 Å². The summed E-state index contributed by atoms with van der Waals surface area (Å²) in [5.74, 6) is 0. The third-order valence-corrected chi connectivity index (χ3v) is 3.08. The van der Waals surface area contributed by atoms with Gasteiger partial charge >= 0.3 is 0 Å². The second-order valence-corrected chi connectivity index (χ2v) is 3.79. The normalized spacial score (nSPS) is 44.7. The van der Waals surface area contributed by atoms with Crippen LogP contribution in [0, 0.1) is 0 Å². The van der Waals surface area contributed by atoms with E-state index in [2.05, 4.69) is 4.90 Å². The van der Waals surface area contributed by atoms with Crippen molar-refractivity contribution in [2.24, 2.45) is 0 Å². The predicted molar refractivity (Wildman–Crippen MR) is 41.2 cm³/mol. The fourth-order valence-corrected chi connectivity index (χ4v) is 2.51. The summed E-state index contributed by atoms with van der Waals surface area (Å²) >= 11 is 0. The molecule has 2 N–H and O–H groups in total. The van der Waals surface area contributed by atoms with Crippen molar-refractivity contribution in [2.45, 2.75) is 30.9 Å². The van der Waals surface area contributed by atoms with Crippen molar-refractivity contribution in [3.05, 3.63) is 0 Å².